The van der Waals surface area contributed by atoms with E-state index in [4.69, 9.17) is 9.47 Å². The van der Waals surface area contributed by atoms with Crippen LogP contribution in [0.1, 0.15) is 32.6 Å². The van der Waals surface area contributed by atoms with Gasteiger partial charge in [0.05, 0.1) is 10.2 Å². The normalized spacial score (nSPS) is 15.0. The molecule has 1 fully saturated rings. The van der Waals surface area contributed by atoms with Crippen LogP contribution in [0.4, 0.5) is 0 Å². The number of aromatic nitrogens is 1. The largest absolute Gasteiger partial charge is 0.492 e. The molecule has 0 bridgehead atoms. The molecular weight excluding hydrogens is 422 g/mol. The summed E-state index contributed by atoms with van der Waals surface area (Å²) in [7, 11) is 0. The first kappa shape index (κ1) is 22.6. The molecule has 170 valence electrons. The van der Waals surface area contributed by atoms with Gasteiger partial charge in [-0.2, -0.15) is 0 Å². The SMILES string of the molecule is CCCCN(C=O)C1CCN(CCOc2ccc(Oc3nc4ccccc4s3)cc2)CC1. The van der Waals surface area contributed by atoms with Crippen LogP contribution in [0.15, 0.2) is 48.5 Å². The number of carbonyl (C=O) groups is 1. The maximum Gasteiger partial charge on any atom is 0.279 e. The Morgan fingerprint density at radius 3 is 2.59 bits per heavy atom. The van der Waals surface area contributed by atoms with Crippen molar-refractivity contribution >= 4 is 28.0 Å². The van der Waals surface area contributed by atoms with Crippen LogP contribution in [-0.4, -0.2) is 60.0 Å². The molecule has 1 amide bonds. The standard InChI is InChI=1S/C25H31N3O3S/c1-2-3-14-28(19-29)20-12-15-27(16-13-20)17-18-30-21-8-10-22(11-9-21)31-25-26-23-6-4-5-7-24(23)32-25/h4-11,19-20H,2-3,12-18H2,1H3. The van der Waals surface area contributed by atoms with Crippen LogP contribution in [0.2, 0.25) is 0 Å². The fourth-order valence-electron chi connectivity index (χ4n) is 4.03. The summed E-state index contributed by atoms with van der Waals surface area (Å²) in [6.07, 6.45) is 5.32. The van der Waals surface area contributed by atoms with Gasteiger partial charge in [0.15, 0.2) is 0 Å². The number of nitrogens with zero attached hydrogens (tertiary/aromatic N) is 3. The highest BCUT2D eigenvalue weighted by Gasteiger charge is 2.23. The van der Waals surface area contributed by atoms with Crippen LogP contribution in [0.25, 0.3) is 10.2 Å². The summed E-state index contributed by atoms with van der Waals surface area (Å²) < 4.78 is 12.9. The molecule has 2 heterocycles. The topological polar surface area (TPSA) is 54.9 Å². The number of thiazole rings is 1. The van der Waals surface area contributed by atoms with Gasteiger partial charge in [-0.05, 0) is 55.7 Å². The van der Waals surface area contributed by atoms with Gasteiger partial charge in [-0.1, -0.05) is 36.8 Å². The van der Waals surface area contributed by atoms with E-state index in [1.807, 2.05) is 53.4 Å². The zero-order chi connectivity index (χ0) is 22.2. The van der Waals surface area contributed by atoms with Crippen molar-refractivity contribution in [2.45, 2.75) is 38.6 Å². The van der Waals surface area contributed by atoms with Crippen LogP contribution in [-0.2, 0) is 4.79 Å². The zero-order valence-electron chi connectivity index (χ0n) is 18.6. The van der Waals surface area contributed by atoms with Crippen molar-refractivity contribution in [2.75, 3.05) is 32.8 Å². The monoisotopic (exact) mass is 453 g/mol. The number of hydrogen-bond acceptors (Lipinski definition) is 6. The van der Waals surface area contributed by atoms with Crippen LogP contribution in [0, 0.1) is 0 Å². The number of benzene rings is 2. The lowest BCUT2D eigenvalue weighted by atomic mass is 10.0. The minimum absolute atomic E-state index is 0.388. The van der Waals surface area contributed by atoms with E-state index in [9.17, 15) is 4.79 Å². The van der Waals surface area contributed by atoms with Crippen LogP contribution < -0.4 is 9.47 Å². The molecule has 1 aliphatic heterocycles. The predicted octanol–water partition coefficient (Wildman–Crippen LogP) is 5.19. The van der Waals surface area contributed by atoms with E-state index in [0.29, 0.717) is 17.8 Å². The molecule has 0 spiro atoms. The fourth-order valence-corrected chi connectivity index (χ4v) is 4.86. The van der Waals surface area contributed by atoms with Crippen molar-refractivity contribution in [1.82, 2.24) is 14.8 Å². The number of amides is 1. The molecule has 1 saturated heterocycles. The first-order valence-electron chi connectivity index (χ1n) is 11.4. The molecular formula is C25H31N3O3S. The molecule has 0 N–H and O–H groups in total. The Kier molecular flexibility index (Phi) is 7.96. The average Bonchev–Trinajstić information content (AvgIpc) is 3.24. The molecule has 0 radical (unpaired) electrons. The average molecular weight is 454 g/mol. The van der Waals surface area contributed by atoms with Crippen molar-refractivity contribution in [3.8, 4) is 16.7 Å². The van der Waals surface area contributed by atoms with Crippen molar-refractivity contribution in [3.05, 3.63) is 48.5 Å². The van der Waals surface area contributed by atoms with Gasteiger partial charge in [-0.25, -0.2) is 4.98 Å². The summed E-state index contributed by atoms with van der Waals surface area (Å²) in [5.74, 6) is 1.59. The Morgan fingerprint density at radius 1 is 1.12 bits per heavy atom. The predicted molar refractivity (Wildman–Crippen MR) is 129 cm³/mol. The van der Waals surface area contributed by atoms with Gasteiger partial charge in [0, 0.05) is 32.2 Å². The number of carbonyl (C=O) groups excluding carboxylic acids is 1. The Bertz CT molecular complexity index is 951. The minimum Gasteiger partial charge on any atom is -0.492 e. The molecule has 32 heavy (non-hydrogen) atoms. The molecule has 0 aliphatic carbocycles. The van der Waals surface area contributed by atoms with Crippen LogP contribution in [0.5, 0.6) is 16.7 Å². The van der Waals surface area contributed by atoms with Crippen molar-refractivity contribution < 1.29 is 14.3 Å². The number of ether oxygens (including phenoxy) is 2. The number of hydrogen-bond donors (Lipinski definition) is 0. The molecule has 4 rings (SSSR count). The smallest absolute Gasteiger partial charge is 0.279 e. The summed E-state index contributed by atoms with van der Waals surface area (Å²) >= 11 is 1.54. The Labute approximate surface area is 193 Å². The number of piperidine rings is 1. The molecule has 3 aromatic rings. The summed E-state index contributed by atoms with van der Waals surface area (Å²) in [6.45, 7) is 6.61. The van der Waals surface area contributed by atoms with Crippen molar-refractivity contribution in [3.63, 3.8) is 0 Å². The third kappa shape index (κ3) is 5.99. The van der Waals surface area contributed by atoms with Gasteiger partial charge < -0.3 is 14.4 Å². The third-order valence-electron chi connectivity index (χ3n) is 5.91. The first-order valence-corrected chi connectivity index (χ1v) is 12.3. The molecule has 0 saturated carbocycles. The highest BCUT2D eigenvalue weighted by atomic mass is 32.1. The van der Waals surface area contributed by atoms with Crippen molar-refractivity contribution in [2.24, 2.45) is 0 Å². The molecule has 2 aromatic carbocycles. The number of rotatable bonds is 11. The fraction of sp³-hybridized carbons (Fsp3) is 0.440. The highest BCUT2D eigenvalue weighted by molar-refractivity contribution is 7.20. The molecule has 0 atom stereocenters. The Morgan fingerprint density at radius 2 is 1.88 bits per heavy atom. The molecule has 0 unspecified atom stereocenters. The van der Waals surface area contributed by atoms with E-state index in [1.54, 1.807) is 11.3 Å². The van der Waals surface area contributed by atoms with Crippen molar-refractivity contribution in [1.29, 1.82) is 0 Å². The maximum absolute atomic E-state index is 11.4. The van der Waals surface area contributed by atoms with Crippen LogP contribution in [0.3, 0.4) is 0 Å². The highest BCUT2D eigenvalue weighted by Crippen LogP contribution is 2.31. The first-order chi connectivity index (χ1) is 15.7. The van der Waals surface area contributed by atoms with Gasteiger partial charge in [0.2, 0.25) is 6.41 Å². The van der Waals surface area contributed by atoms with E-state index < -0.39 is 0 Å². The second-order valence-electron chi connectivity index (χ2n) is 8.14. The lowest BCUT2D eigenvalue weighted by Crippen LogP contribution is -2.45. The van der Waals surface area contributed by atoms with Gasteiger partial charge >= 0.3 is 0 Å². The Balaban J connectivity index is 1.18. The van der Waals surface area contributed by atoms with E-state index in [-0.39, 0.29) is 0 Å². The summed E-state index contributed by atoms with van der Waals surface area (Å²) in [4.78, 5) is 20.3. The van der Waals surface area contributed by atoms with E-state index in [2.05, 4.69) is 16.8 Å². The number of para-hydroxylation sites is 1. The molecule has 1 aromatic heterocycles. The van der Waals surface area contributed by atoms with Gasteiger partial charge in [-0.15, -0.1) is 0 Å². The third-order valence-corrected chi connectivity index (χ3v) is 6.83. The van der Waals surface area contributed by atoms with E-state index in [0.717, 1.165) is 80.0 Å². The zero-order valence-corrected chi connectivity index (χ0v) is 19.4. The number of fused-ring (bicyclic) bond motifs is 1. The number of unbranched alkanes of at least 4 members (excludes halogenated alkanes) is 1. The number of likely N-dealkylation sites (tertiary alicyclic amines) is 1. The second-order valence-corrected chi connectivity index (χ2v) is 9.13. The lowest BCUT2D eigenvalue weighted by molar-refractivity contribution is -0.121. The Hall–Kier alpha value is -2.64. The van der Waals surface area contributed by atoms with E-state index in [1.165, 1.54) is 0 Å². The molecule has 1 aliphatic rings. The minimum atomic E-state index is 0.388. The van der Waals surface area contributed by atoms with Gasteiger partial charge in [0.1, 0.15) is 18.1 Å². The summed E-state index contributed by atoms with van der Waals surface area (Å²) in [6, 6.07) is 16.1. The summed E-state index contributed by atoms with van der Waals surface area (Å²) in [5, 5.41) is 0.645. The lowest BCUT2D eigenvalue weighted by Gasteiger charge is -2.36. The maximum atomic E-state index is 11.4. The van der Waals surface area contributed by atoms with E-state index >= 15 is 0 Å². The summed E-state index contributed by atoms with van der Waals surface area (Å²) in [5.41, 5.74) is 0.955. The quantitative estimate of drug-likeness (QED) is 0.374. The molecule has 6 nitrogen and oxygen atoms in total. The molecule has 7 heteroatoms. The second kappa shape index (κ2) is 11.3. The van der Waals surface area contributed by atoms with Crippen LogP contribution >= 0.6 is 11.3 Å². The van der Waals surface area contributed by atoms with Gasteiger partial charge in [-0.3, -0.25) is 9.69 Å². The van der Waals surface area contributed by atoms with Gasteiger partial charge in [0.25, 0.3) is 5.19 Å².